The lowest BCUT2D eigenvalue weighted by Crippen LogP contribution is -2.37. The fraction of sp³-hybridized carbons (Fsp3) is 0.500. The molecule has 14 heavy (non-hydrogen) atoms. The number of carbonyl (C=O) groups is 1. The molecular weight excluding hydrogens is 182 g/mol. The van der Waals surface area contributed by atoms with Crippen LogP contribution in [0.2, 0.25) is 0 Å². The Morgan fingerprint density at radius 2 is 2.43 bits per heavy atom. The van der Waals surface area contributed by atoms with Gasteiger partial charge >= 0.3 is 0 Å². The zero-order valence-corrected chi connectivity index (χ0v) is 8.69. The molecule has 0 aliphatic carbocycles. The number of methoxy groups -OCH3 is 1. The van der Waals surface area contributed by atoms with Crippen molar-refractivity contribution in [2.45, 2.75) is 13.0 Å². The minimum Gasteiger partial charge on any atom is -0.459 e. The van der Waals surface area contributed by atoms with Crippen molar-refractivity contribution in [2.75, 3.05) is 20.8 Å². The molecule has 1 rings (SSSR count). The Kier molecular flexibility index (Phi) is 3.71. The van der Waals surface area contributed by atoms with Gasteiger partial charge in [-0.15, -0.1) is 0 Å². The molecule has 4 nitrogen and oxygen atoms in total. The summed E-state index contributed by atoms with van der Waals surface area (Å²) < 4.78 is 9.98. The van der Waals surface area contributed by atoms with Crippen molar-refractivity contribution in [1.82, 2.24) is 4.90 Å². The largest absolute Gasteiger partial charge is 0.459 e. The fourth-order valence-electron chi connectivity index (χ4n) is 1.13. The topological polar surface area (TPSA) is 42.7 Å². The van der Waals surface area contributed by atoms with Crippen molar-refractivity contribution in [2.24, 2.45) is 0 Å². The molecule has 0 aliphatic rings. The lowest BCUT2D eigenvalue weighted by Gasteiger charge is -2.23. The van der Waals surface area contributed by atoms with E-state index < -0.39 is 0 Å². The van der Waals surface area contributed by atoms with Gasteiger partial charge in [0.15, 0.2) is 5.76 Å². The van der Waals surface area contributed by atoms with E-state index in [4.69, 9.17) is 9.15 Å². The van der Waals surface area contributed by atoms with Crippen LogP contribution in [-0.2, 0) is 4.74 Å². The van der Waals surface area contributed by atoms with E-state index in [2.05, 4.69) is 0 Å². The summed E-state index contributed by atoms with van der Waals surface area (Å²) >= 11 is 0. The molecule has 1 aromatic heterocycles. The summed E-state index contributed by atoms with van der Waals surface area (Å²) in [5, 5.41) is 0. The maximum atomic E-state index is 11.7. The van der Waals surface area contributed by atoms with E-state index in [0.29, 0.717) is 12.4 Å². The van der Waals surface area contributed by atoms with Crippen LogP contribution in [0.15, 0.2) is 22.8 Å². The number of carbonyl (C=O) groups excluding carboxylic acids is 1. The normalized spacial score (nSPS) is 12.5. The molecule has 0 radical (unpaired) electrons. The lowest BCUT2D eigenvalue weighted by molar-refractivity contribution is 0.0604. The van der Waals surface area contributed by atoms with Crippen molar-refractivity contribution < 1.29 is 13.9 Å². The van der Waals surface area contributed by atoms with Crippen LogP contribution in [0.5, 0.6) is 0 Å². The van der Waals surface area contributed by atoms with Crippen LogP contribution in [0.3, 0.4) is 0 Å². The SMILES string of the molecule is COCC(C)N(C)C(=O)c1ccco1. The van der Waals surface area contributed by atoms with Gasteiger partial charge in [0.1, 0.15) is 0 Å². The van der Waals surface area contributed by atoms with Gasteiger partial charge in [0.05, 0.1) is 18.9 Å². The molecule has 1 amide bonds. The fourth-order valence-corrected chi connectivity index (χ4v) is 1.13. The van der Waals surface area contributed by atoms with E-state index in [-0.39, 0.29) is 11.9 Å². The Hall–Kier alpha value is -1.29. The Bertz CT molecular complexity index is 282. The summed E-state index contributed by atoms with van der Waals surface area (Å²) in [6.45, 7) is 2.44. The van der Waals surface area contributed by atoms with Gasteiger partial charge < -0.3 is 14.1 Å². The number of likely N-dealkylation sites (N-methyl/N-ethyl adjacent to an activating group) is 1. The van der Waals surface area contributed by atoms with Crippen molar-refractivity contribution in [3.63, 3.8) is 0 Å². The van der Waals surface area contributed by atoms with Crippen LogP contribution in [0, 0.1) is 0 Å². The molecule has 1 aromatic rings. The highest BCUT2D eigenvalue weighted by Gasteiger charge is 2.18. The first kappa shape index (κ1) is 10.8. The molecule has 78 valence electrons. The van der Waals surface area contributed by atoms with E-state index in [9.17, 15) is 4.79 Å². The highest BCUT2D eigenvalue weighted by atomic mass is 16.5. The lowest BCUT2D eigenvalue weighted by atomic mass is 10.3. The van der Waals surface area contributed by atoms with Crippen molar-refractivity contribution in [1.29, 1.82) is 0 Å². The molecular formula is C10H15NO3. The molecule has 0 N–H and O–H groups in total. The third kappa shape index (κ3) is 2.35. The first-order valence-corrected chi connectivity index (χ1v) is 4.46. The average Bonchev–Trinajstić information content (AvgIpc) is 2.68. The number of furan rings is 1. The van der Waals surface area contributed by atoms with Crippen LogP contribution in [0.25, 0.3) is 0 Å². The number of nitrogens with zero attached hydrogens (tertiary/aromatic N) is 1. The van der Waals surface area contributed by atoms with Crippen molar-refractivity contribution in [3.05, 3.63) is 24.2 Å². The predicted molar refractivity (Wildman–Crippen MR) is 52.1 cm³/mol. The van der Waals surface area contributed by atoms with E-state index in [1.54, 1.807) is 31.2 Å². The summed E-state index contributed by atoms with van der Waals surface area (Å²) in [5.41, 5.74) is 0. The number of ether oxygens (including phenoxy) is 1. The molecule has 0 saturated heterocycles. The van der Waals surface area contributed by atoms with E-state index in [1.807, 2.05) is 6.92 Å². The van der Waals surface area contributed by atoms with Crippen LogP contribution < -0.4 is 0 Å². The number of hydrogen-bond acceptors (Lipinski definition) is 3. The number of hydrogen-bond donors (Lipinski definition) is 0. The minimum atomic E-state index is -0.125. The summed E-state index contributed by atoms with van der Waals surface area (Å²) in [7, 11) is 3.34. The molecule has 4 heteroatoms. The van der Waals surface area contributed by atoms with E-state index >= 15 is 0 Å². The van der Waals surface area contributed by atoms with E-state index in [0.717, 1.165) is 0 Å². The maximum Gasteiger partial charge on any atom is 0.289 e. The molecule has 0 fully saturated rings. The van der Waals surface area contributed by atoms with Gasteiger partial charge in [-0.3, -0.25) is 4.79 Å². The van der Waals surface area contributed by atoms with Crippen molar-refractivity contribution in [3.8, 4) is 0 Å². The molecule has 1 heterocycles. The standard InChI is InChI=1S/C10H15NO3/c1-8(7-13-3)11(2)10(12)9-5-4-6-14-9/h4-6,8H,7H2,1-3H3. The third-order valence-electron chi connectivity index (χ3n) is 2.12. The average molecular weight is 197 g/mol. The highest BCUT2D eigenvalue weighted by Crippen LogP contribution is 2.07. The number of rotatable bonds is 4. The van der Waals surface area contributed by atoms with E-state index in [1.165, 1.54) is 6.26 Å². The van der Waals surface area contributed by atoms with Gasteiger partial charge in [-0.1, -0.05) is 0 Å². The molecule has 0 bridgehead atoms. The first-order chi connectivity index (χ1) is 6.66. The smallest absolute Gasteiger partial charge is 0.289 e. The second kappa shape index (κ2) is 4.81. The number of amides is 1. The van der Waals surface area contributed by atoms with Gasteiger partial charge in [-0.2, -0.15) is 0 Å². The zero-order valence-electron chi connectivity index (χ0n) is 8.69. The Labute approximate surface area is 83.5 Å². The Morgan fingerprint density at radius 3 is 2.93 bits per heavy atom. The zero-order chi connectivity index (χ0) is 10.6. The Morgan fingerprint density at radius 1 is 1.71 bits per heavy atom. The second-order valence-corrected chi connectivity index (χ2v) is 3.20. The van der Waals surface area contributed by atoms with Crippen LogP contribution in [0.4, 0.5) is 0 Å². The summed E-state index contributed by atoms with van der Waals surface area (Å²) in [6.07, 6.45) is 1.49. The predicted octanol–water partition coefficient (Wildman–Crippen LogP) is 1.39. The van der Waals surface area contributed by atoms with Crippen molar-refractivity contribution >= 4 is 5.91 Å². The minimum absolute atomic E-state index is 0.0394. The molecule has 0 aromatic carbocycles. The molecule has 0 spiro atoms. The summed E-state index contributed by atoms with van der Waals surface area (Å²) in [4.78, 5) is 13.3. The quantitative estimate of drug-likeness (QED) is 0.732. The van der Waals surface area contributed by atoms with Gasteiger partial charge in [-0.05, 0) is 19.1 Å². The summed E-state index contributed by atoms with van der Waals surface area (Å²) in [5.74, 6) is 0.231. The molecule has 0 aliphatic heterocycles. The van der Waals surface area contributed by atoms with Crippen LogP contribution in [0.1, 0.15) is 17.5 Å². The maximum absolute atomic E-state index is 11.7. The molecule has 0 saturated carbocycles. The van der Waals surface area contributed by atoms with Crippen LogP contribution in [-0.4, -0.2) is 37.6 Å². The van der Waals surface area contributed by atoms with Gasteiger partial charge in [0, 0.05) is 14.2 Å². The monoisotopic (exact) mass is 197 g/mol. The first-order valence-electron chi connectivity index (χ1n) is 4.46. The second-order valence-electron chi connectivity index (χ2n) is 3.20. The highest BCUT2D eigenvalue weighted by molar-refractivity contribution is 5.91. The van der Waals surface area contributed by atoms with Gasteiger partial charge in [-0.25, -0.2) is 0 Å². The van der Waals surface area contributed by atoms with Gasteiger partial charge in [0.2, 0.25) is 0 Å². The van der Waals surface area contributed by atoms with Crippen LogP contribution >= 0.6 is 0 Å². The Balaban J connectivity index is 2.61. The van der Waals surface area contributed by atoms with Gasteiger partial charge in [0.25, 0.3) is 5.91 Å². The molecule has 1 atom stereocenters. The summed E-state index contributed by atoms with van der Waals surface area (Å²) in [6, 6.07) is 3.39. The third-order valence-corrected chi connectivity index (χ3v) is 2.12. The molecule has 1 unspecified atom stereocenters.